The third-order valence-electron chi connectivity index (χ3n) is 11.7. The molecule has 0 aliphatic carbocycles. The number of ether oxygens (including phenoxy) is 4. The lowest BCUT2D eigenvalue weighted by molar-refractivity contribution is -0.111. The van der Waals surface area contributed by atoms with Gasteiger partial charge in [0, 0.05) is 74.0 Å². The Morgan fingerprint density at radius 2 is 1.08 bits per heavy atom. The zero-order valence-electron chi connectivity index (χ0n) is 39.4. The van der Waals surface area contributed by atoms with Gasteiger partial charge in [0.1, 0.15) is 66.4 Å². The molecule has 2 aliphatic heterocycles. The minimum atomic E-state index is -0.383. The SMILES string of the molecule is C.C=CC(=O)Nc1cccc(C)c1Cc1ncc2c(n1)N(C)C(=O)N(c1c(Cl)c(OC)cc(OC)c1Cl)C2.COc1cc(OC)c(Cl)c(N2Cc3cnc(Cc4c(C)cccc4N)nc3N(C)C2=O)c1Cl. The highest BCUT2D eigenvalue weighted by molar-refractivity contribution is 6.43. The number of hydrogen-bond acceptors (Lipinski definition) is 12. The smallest absolute Gasteiger partial charge is 0.330 e. The number of nitrogens with zero attached hydrogens (tertiary/aromatic N) is 8. The average molecular weight is 1050 g/mol. The lowest BCUT2D eigenvalue weighted by Gasteiger charge is -2.35. The largest absolute Gasteiger partial charge is 0.495 e. The van der Waals surface area contributed by atoms with Gasteiger partial charge in [-0.2, -0.15) is 0 Å². The Morgan fingerprint density at radius 1 is 0.690 bits per heavy atom. The van der Waals surface area contributed by atoms with Crippen LogP contribution < -0.4 is 49.6 Å². The van der Waals surface area contributed by atoms with Crippen LogP contribution in [0.3, 0.4) is 0 Å². The fraction of sp³-hybridized carbons (Fsp3) is 0.260. The predicted molar refractivity (Wildman–Crippen MR) is 281 cm³/mol. The quantitative estimate of drug-likeness (QED) is 0.0872. The number of carbonyl (C=O) groups excluding carboxylic acids is 3. The van der Waals surface area contributed by atoms with Crippen LogP contribution in [0.1, 0.15) is 52.5 Å². The number of fused-ring (bicyclic) bond motifs is 2. The second-order valence-corrected chi connectivity index (χ2v) is 17.4. The van der Waals surface area contributed by atoms with Gasteiger partial charge < -0.3 is 30.0 Å². The number of carbonyl (C=O) groups is 3. The van der Waals surface area contributed by atoms with Gasteiger partial charge in [-0.1, -0.05) is 84.7 Å². The summed E-state index contributed by atoms with van der Waals surface area (Å²) < 4.78 is 21.4. The van der Waals surface area contributed by atoms with Gasteiger partial charge in [0.15, 0.2) is 0 Å². The molecule has 5 amide bonds. The zero-order valence-corrected chi connectivity index (χ0v) is 42.4. The second-order valence-electron chi connectivity index (χ2n) is 15.9. The third-order valence-corrected chi connectivity index (χ3v) is 13.2. The molecule has 3 N–H and O–H groups in total. The van der Waals surface area contributed by atoms with Crippen LogP contribution in [0.4, 0.5) is 44.0 Å². The standard InChI is InChI=1S/C26H25Cl2N5O4.C23H23Cl2N5O3.CH4/c1-6-21(34)30-17-9-7-8-14(2)16(17)10-20-29-12-15-13-33(26(35)32(3)25(15)31-20)24-22(27)18(36-4)11-19(37-5)23(24)28;1-12-6-5-7-15(26)14(12)8-18-27-10-13-11-30(23(31)29(2)22(13)28-18)21-19(24)16(32-3)9-17(33-4)20(21)25;/h6-9,11-12H,1,10,13H2,2-5H3,(H,30,34);5-7,9-10H,8,11,26H2,1-4H3;1H4. The fourth-order valence-electron chi connectivity index (χ4n) is 7.95. The van der Waals surface area contributed by atoms with Gasteiger partial charge in [-0.25, -0.2) is 29.5 Å². The Labute approximate surface area is 432 Å². The number of halogens is 4. The molecular weight excluding hydrogens is 994 g/mol. The molecule has 0 radical (unpaired) electrons. The highest BCUT2D eigenvalue weighted by Crippen LogP contribution is 2.49. The maximum atomic E-state index is 13.5. The molecule has 21 heteroatoms. The molecule has 2 aliphatic rings. The molecule has 4 aromatic carbocycles. The summed E-state index contributed by atoms with van der Waals surface area (Å²) in [6, 6.07) is 13.8. The van der Waals surface area contributed by atoms with Crippen molar-refractivity contribution in [3.8, 4) is 23.0 Å². The highest BCUT2D eigenvalue weighted by Gasteiger charge is 2.37. The number of nitrogen functional groups attached to an aromatic ring is 1. The van der Waals surface area contributed by atoms with Crippen molar-refractivity contribution in [2.24, 2.45) is 0 Å². The van der Waals surface area contributed by atoms with Crippen LogP contribution >= 0.6 is 46.4 Å². The number of hydrogen-bond donors (Lipinski definition) is 2. The molecule has 0 saturated heterocycles. The van der Waals surface area contributed by atoms with E-state index in [1.54, 1.807) is 38.6 Å². The van der Waals surface area contributed by atoms with E-state index in [9.17, 15) is 14.4 Å². The molecule has 0 spiro atoms. The van der Waals surface area contributed by atoms with E-state index in [4.69, 9.17) is 71.1 Å². The van der Waals surface area contributed by atoms with Crippen LogP contribution in [0.25, 0.3) is 0 Å². The average Bonchev–Trinajstić information content (AvgIpc) is 3.35. The molecule has 71 heavy (non-hydrogen) atoms. The number of aryl methyl sites for hydroxylation is 2. The van der Waals surface area contributed by atoms with Crippen molar-refractivity contribution in [1.29, 1.82) is 0 Å². The van der Waals surface area contributed by atoms with Crippen molar-refractivity contribution in [3.63, 3.8) is 0 Å². The fourth-order valence-corrected chi connectivity index (χ4v) is 9.36. The van der Waals surface area contributed by atoms with E-state index in [0.717, 1.165) is 27.8 Å². The summed E-state index contributed by atoms with van der Waals surface area (Å²) >= 11 is 26.2. The van der Waals surface area contributed by atoms with Gasteiger partial charge in [0.2, 0.25) is 5.91 Å². The van der Waals surface area contributed by atoms with Crippen LogP contribution in [0.15, 0.2) is 73.6 Å². The van der Waals surface area contributed by atoms with Gasteiger partial charge in [0.05, 0.1) is 52.9 Å². The Morgan fingerprint density at radius 3 is 1.48 bits per heavy atom. The molecule has 8 rings (SSSR count). The first-order chi connectivity index (χ1) is 33.5. The summed E-state index contributed by atoms with van der Waals surface area (Å²) in [5.74, 6) is 3.08. The summed E-state index contributed by atoms with van der Waals surface area (Å²) in [5.41, 5.74) is 13.3. The maximum absolute atomic E-state index is 13.5. The second kappa shape index (κ2) is 22.4. The summed E-state index contributed by atoms with van der Waals surface area (Å²) in [7, 11) is 9.16. The first-order valence-corrected chi connectivity index (χ1v) is 22.8. The monoisotopic (exact) mass is 1040 g/mol. The Hall–Kier alpha value is -7.05. The van der Waals surface area contributed by atoms with E-state index in [2.05, 4.69) is 31.8 Å². The molecule has 0 fully saturated rings. The minimum absolute atomic E-state index is 0. The lowest BCUT2D eigenvalue weighted by Crippen LogP contribution is -2.46. The van der Waals surface area contributed by atoms with E-state index in [0.29, 0.717) is 81.7 Å². The Bertz CT molecular complexity index is 2990. The molecule has 0 unspecified atom stereocenters. The summed E-state index contributed by atoms with van der Waals surface area (Å²) in [4.78, 5) is 62.9. The van der Waals surface area contributed by atoms with Crippen LogP contribution in [-0.2, 0) is 30.7 Å². The van der Waals surface area contributed by atoms with E-state index in [1.807, 2.05) is 50.2 Å². The topological polar surface area (TPSA) is 191 Å². The first-order valence-electron chi connectivity index (χ1n) is 21.3. The Kier molecular flexibility index (Phi) is 16.8. The van der Waals surface area contributed by atoms with Crippen LogP contribution in [0.2, 0.25) is 20.1 Å². The Balaban J connectivity index is 0.000000231. The van der Waals surface area contributed by atoms with E-state index < -0.39 is 0 Å². The van der Waals surface area contributed by atoms with Crippen molar-refractivity contribution >= 4 is 98.8 Å². The summed E-state index contributed by atoms with van der Waals surface area (Å²) in [6.45, 7) is 7.76. The number of anilines is 6. The molecule has 4 heterocycles. The van der Waals surface area contributed by atoms with E-state index in [-0.39, 0.29) is 64.3 Å². The number of aromatic nitrogens is 4. The van der Waals surface area contributed by atoms with Gasteiger partial charge in [-0.3, -0.25) is 24.4 Å². The maximum Gasteiger partial charge on any atom is 0.330 e. The van der Waals surface area contributed by atoms with E-state index in [1.165, 1.54) is 54.1 Å². The van der Waals surface area contributed by atoms with Crippen molar-refractivity contribution in [3.05, 3.63) is 139 Å². The third kappa shape index (κ3) is 10.5. The van der Waals surface area contributed by atoms with Crippen LogP contribution in [0, 0.1) is 13.8 Å². The predicted octanol–water partition coefficient (Wildman–Crippen LogP) is 10.9. The van der Waals surface area contributed by atoms with Crippen molar-refractivity contribution in [2.45, 2.75) is 47.2 Å². The number of amides is 5. The van der Waals surface area contributed by atoms with Crippen molar-refractivity contribution < 1.29 is 33.3 Å². The summed E-state index contributed by atoms with van der Waals surface area (Å²) in [5, 5.41) is 3.61. The van der Waals surface area contributed by atoms with Crippen molar-refractivity contribution in [1.82, 2.24) is 19.9 Å². The number of benzene rings is 4. The highest BCUT2D eigenvalue weighted by atomic mass is 35.5. The van der Waals surface area contributed by atoms with Gasteiger partial charge in [0.25, 0.3) is 0 Å². The molecule has 0 bridgehead atoms. The summed E-state index contributed by atoms with van der Waals surface area (Å²) in [6.07, 6.45) is 5.41. The number of urea groups is 2. The number of rotatable bonds is 12. The zero-order chi connectivity index (χ0) is 50.7. The van der Waals surface area contributed by atoms with E-state index >= 15 is 0 Å². The van der Waals surface area contributed by atoms with Gasteiger partial charge in [-0.15, -0.1) is 0 Å². The number of methoxy groups -OCH3 is 4. The molecule has 6 aromatic rings. The molecule has 17 nitrogen and oxygen atoms in total. The molecule has 372 valence electrons. The minimum Gasteiger partial charge on any atom is -0.495 e. The number of nitrogens with one attached hydrogen (secondary N) is 1. The number of nitrogens with two attached hydrogens (primary N) is 1. The van der Waals surface area contributed by atoms with Gasteiger partial charge in [-0.05, 0) is 54.3 Å². The van der Waals surface area contributed by atoms with Crippen LogP contribution in [0.5, 0.6) is 23.0 Å². The lowest BCUT2D eigenvalue weighted by atomic mass is 10.0. The molecule has 2 aromatic heterocycles. The molecule has 0 atom stereocenters. The normalized spacial score (nSPS) is 12.8. The first kappa shape index (κ1) is 53.3. The van der Waals surface area contributed by atoms with Crippen LogP contribution in [-0.4, -0.2) is 80.4 Å². The molecule has 0 saturated carbocycles. The van der Waals surface area contributed by atoms with Crippen molar-refractivity contribution in [2.75, 3.05) is 73.2 Å². The molecular formula is C50H52Cl4N10O7. The van der Waals surface area contributed by atoms with Gasteiger partial charge >= 0.3 is 12.1 Å².